The molecule has 0 aliphatic carbocycles. The molecule has 0 aliphatic heterocycles. The first-order chi connectivity index (χ1) is 5.16. The van der Waals surface area contributed by atoms with Crippen LogP contribution in [0.3, 0.4) is 0 Å². The summed E-state index contributed by atoms with van der Waals surface area (Å²) in [6.45, 7) is 8.24. The third-order valence-electron chi connectivity index (χ3n) is 1.48. The van der Waals surface area contributed by atoms with Gasteiger partial charge in [-0.15, -0.1) is 0 Å². The van der Waals surface area contributed by atoms with Gasteiger partial charge in [-0.25, -0.2) is 0 Å². The van der Waals surface area contributed by atoms with Crippen LogP contribution < -0.4 is 0 Å². The van der Waals surface area contributed by atoms with E-state index in [-0.39, 0.29) is 6.61 Å². The molecule has 0 radical (unpaired) electrons. The average molecular weight is 160 g/mol. The van der Waals surface area contributed by atoms with Crippen molar-refractivity contribution in [2.75, 3.05) is 19.8 Å². The first-order valence-electron chi connectivity index (χ1n) is 4.35. The normalized spacial score (nSPS) is 13.9. The minimum absolute atomic E-state index is 0.270. The molecule has 0 amide bonds. The monoisotopic (exact) mass is 160 g/mol. The van der Waals surface area contributed by atoms with Crippen LogP contribution in [0.2, 0.25) is 0 Å². The van der Waals surface area contributed by atoms with Gasteiger partial charge in [0.15, 0.2) is 0 Å². The quantitative estimate of drug-likeness (QED) is 0.640. The summed E-state index contributed by atoms with van der Waals surface area (Å²) in [5, 5.41) is 8.59. The average Bonchev–Trinajstić information content (AvgIpc) is 1.87. The molecule has 1 atom stereocenters. The van der Waals surface area contributed by atoms with Gasteiger partial charge >= 0.3 is 0 Å². The van der Waals surface area contributed by atoms with Gasteiger partial charge < -0.3 is 9.84 Å². The van der Waals surface area contributed by atoms with Crippen LogP contribution in [-0.4, -0.2) is 24.9 Å². The van der Waals surface area contributed by atoms with Crippen molar-refractivity contribution in [3.63, 3.8) is 0 Å². The molecule has 0 saturated carbocycles. The highest BCUT2D eigenvalue weighted by Crippen LogP contribution is 2.02. The van der Waals surface area contributed by atoms with Gasteiger partial charge in [-0.1, -0.05) is 20.8 Å². The number of hydrogen-bond acceptors (Lipinski definition) is 2. The van der Waals surface area contributed by atoms with Gasteiger partial charge in [0.05, 0.1) is 0 Å². The summed E-state index contributed by atoms with van der Waals surface area (Å²) in [4.78, 5) is 0. The number of hydrogen-bond donors (Lipinski definition) is 1. The van der Waals surface area contributed by atoms with Crippen molar-refractivity contribution in [3.05, 3.63) is 0 Å². The fraction of sp³-hybridized carbons (Fsp3) is 1.00. The molecule has 0 fully saturated rings. The highest BCUT2D eigenvalue weighted by Gasteiger charge is 2.01. The van der Waals surface area contributed by atoms with Gasteiger partial charge in [-0.2, -0.15) is 0 Å². The summed E-state index contributed by atoms with van der Waals surface area (Å²) in [6, 6.07) is 0. The Hall–Kier alpha value is -0.0800. The van der Waals surface area contributed by atoms with E-state index in [1.807, 2.05) is 0 Å². The van der Waals surface area contributed by atoms with Crippen molar-refractivity contribution >= 4 is 0 Å². The molecule has 68 valence electrons. The van der Waals surface area contributed by atoms with Gasteiger partial charge in [0.25, 0.3) is 0 Å². The zero-order chi connectivity index (χ0) is 8.69. The van der Waals surface area contributed by atoms with E-state index >= 15 is 0 Å². The van der Waals surface area contributed by atoms with Crippen molar-refractivity contribution in [2.45, 2.75) is 27.2 Å². The van der Waals surface area contributed by atoms with Gasteiger partial charge in [-0.05, 0) is 18.3 Å². The summed E-state index contributed by atoms with van der Waals surface area (Å²) >= 11 is 0. The summed E-state index contributed by atoms with van der Waals surface area (Å²) in [5.41, 5.74) is 0. The van der Waals surface area contributed by atoms with Gasteiger partial charge in [-0.3, -0.25) is 0 Å². The molecule has 1 unspecified atom stereocenters. The Morgan fingerprint density at radius 1 is 1.18 bits per heavy atom. The zero-order valence-corrected chi connectivity index (χ0v) is 7.84. The molecule has 2 nitrogen and oxygen atoms in total. The Kier molecular flexibility index (Phi) is 6.57. The summed E-state index contributed by atoms with van der Waals surface area (Å²) in [6.07, 6.45) is 0.845. The molecule has 0 aromatic heterocycles. The molecule has 0 aliphatic rings. The largest absolute Gasteiger partial charge is 0.396 e. The van der Waals surface area contributed by atoms with Crippen LogP contribution in [0.15, 0.2) is 0 Å². The van der Waals surface area contributed by atoms with Crippen LogP contribution in [0.1, 0.15) is 27.2 Å². The van der Waals surface area contributed by atoms with E-state index in [0.717, 1.165) is 19.6 Å². The molecule has 0 bridgehead atoms. The van der Waals surface area contributed by atoms with Crippen molar-refractivity contribution in [3.8, 4) is 0 Å². The summed E-state index contributed by atoms with van der Waals surface area (Å²) in [5.74, 6) is 1.09. The predicted molar refractivity (Wildman–Crippen MR) is 46.5 cm³/mol. The SMILES string of the molecule is CC(C)COCC(C)CCO. The molecule has 1 N–H and O–H groups in total. The molecule has 0 saturated heterocycles. The van der Waals surface area contributed by atoms with Crippen molar-refractivity contribution < 1.29 is 9.84 Å². The van der Waals surface area contributed by atoms with Crippen LogP contribution in [0.25, 0.3) is 0 Å². The Labute approximate surface area is 69.6 Å². The summed E-state index contributed by atoms with van der Waals surface area (Å²) < 4.78 is 5.40. The van der Waals surface area contributed by atoms with E-state index in [1.54, 1.807) is 0 Å². The van der Waals surface area contributed by atoms with E-state index in [2.05, 4.69) is 20.8 Å². The zero-order valence-electron chi connectivity index (χ0n) is 7.84. The van der Waals surface area contributed by atoms with Gasteiger partial charge in [0, 0.05) is 19.8 Å². The Morgan fingerprint density at radius 3 is 2.27 bits per heavy atom. The number of ether oxygens (including phenoxy) is 1. The lowest BCUT2D eigenvalue weighted by atomic mass is 10.1. The van der Waals surface area contributed by atoms with Crippen LogP contribution in [0.4, 0.5) is 0 Å². The third-order valence-corrected chi connectivity index (χ3v) is 1.48. The lowest BCUT2D eigenvalue weighted by Gasteiger charge is -2.11. The van der Waals surface area contributed by atoms with Crippen LogP contribution in [-0.2, 0) is 4.74 Å². The lowest BCUT2D eigenvalue weighted by Crippen LogP contribution is -2.10. The second-order valence-electron chi connectivity index (χ2n) is 3.55. The maximum atomic E-state index is 8.59. The van der Waals surface area contributed by atoms with Crippen LogP contribution in [0, 0.1) is 11.8 Å². The fourth-order valence-corrected chi connectivity index (χ4v) is 0.809. The van der Waals surface area contributed by atoms with Crippen molar-refractivity contribution in [1.29, 1.82) is 0 Å². The van der Waals surface area contributed by atoms with Crippen LogP contribution in [0.5, 0.6) is 0 Å². The van der Waals surface area contributed by atoms with E-state index in [1.165, 1.54) is 0 Å². The summed E-state index contributed by atoms with van der Waals surface area (Å²) in [7, 11) is 0. The standard InChI is InChI=1S/C9H20O2/c1-8(2)6-11-7-9(3)4-5-10/h8-10H,4-7H2,1-3H3. The number of rotatable bonds is 6. The van der Waals surface area contributed by atoms with E-state index in [9.17, 15) is 0 Å². The minimum Gasteiger partial charge on any atom is -0.396 e. The highest BCUT2D eigenvalue weighted by atomic mass is 16.5. The highest BCUT2D eigenvalue weighted by molar-refractivity contribution is 4.50. The molecule has 0 rings (SSSR count). The molecule has 0 heterocycles. The van der Waals surface area contributed by atoms with Gasteiger partial charge in [0.1, 0.15) is 0 Å². The number of aliphatic hydroxyl groups excluding tert-OH is 1. The van der Waals surface area contributed by atoms with Crippen molar-refractivity contribution in [1.82, 2.24) is 0 Å². The topological polar surface area (TPSA) is 29.5 Å². The first-order valence-corrected chi connectivity index (χ1v) is 4.35. The Morgan fingerprint density at radius 2 is 1.82 bits per heavy atom. The van der Waals surface area contributed by atoms with Gasteiger partial charge in [0.2, 0.25) is 0 Å². The maximum absolute atomic E-state index is 8.59. The minimum atomic E-state index is 0.270. The van der Waals surface area contributed by atoms with E-state index in [4.69, 9.17) is 9.84 Å². The Balaban J connectivity index is 3.10. The molecular formula is C9H20O2. The molecule has 0 aromatic carbocycles. The first kappa shape index (κ1) is 10.9. The molecule has 0 spiro atoms. The van der Waals surface area contributed by atoms with E-state index < -0.39 is 0 Å². The molecule has 11 heavy (non-hydrogen) atoms. The predicted octanol–water partition coefficient (Wildman–Crippen LogP) is 1.68. The smallest absolute Gasteiger partial charge is 0.0492 e. The van der Waals surface area contributed by atoms with Crippen LogP contribution >= 0.6 is 0 Å². The van der Waals surface area contributed by atoms with E-state index in [0.29, 0.717) is 11.8 Å². The molecular weight excluding hydrogens is 140 g/mol. The lowest BCUT2D eigenvalue weighted by molar-refractivity contribution is 0.0760. The fourth-order valence-electron chi connectivity index (χ4n) is 0.809. The maximum Gasteiger partial charge on any atom is 0.0492 e. The second-order valence-corrected chi connectivity index (χ2v) is 3.55. The Bertz CT molecular complexity index is 81.6. The third kappa shape index (κ3) is 7.82. The molecule has 0 aromatic rings. The van der Waals surface area contributed by atoms with Crippen molar-refractivity contribution in [2.24, 2.45) is 11.8 Å². The molecule has 2 heteroatoms. The number of aliphatic hydroxyl groups is 1. The second kappa shape index (κ2) is 6.62.